The van der Waals surface area contributed by atoms with Gasteiger partial charge in [-0.15, -0.1) is 0 Å². The molecule has 1 amide bonds. The molecule has 0 radical (unpaired) electrons. The number of hydrogen-bond donors (Lipinski definition) is 1. The topological polar surface area (TPSA) is 91.8 Å². The Hall–Kier alpha value is -1.11. The maximum atomic E-state index is 11.6. The third-order valence-corrected chi connectivity index (χ3v) is 2.87. The van der Waals surface area contributed by atoms with Crippen LogP contribution in [0.2, 0.25) is 0 Å². The van der Waals surface area contributed by atoms with Gasteiger partial charge in [0.25, 0.3) is 0 Å². The average molecular weight is 265 g/mol. The normalized spacial score (nSPS) is 11.2. The molecule has 0 bridgehead atoms. The van der Waals surface area contributed by atoms with Crippen molar-refractivity contribution in [1.82, 2.24) is 4.90 Å². The average Bonchev–Trinajstić information content (AvgIpc) is 2.13. The molecule has 0 saturated carbocycles. The van der Waals surface area contributed by atoms with Gasteiger partial charge in [0, 0.05) is 12.8 Å². The number of amides is 1. The zero-order valence-electron chi connectivity index (χ0n) is 10.2. The van der Waals surface area contributed by atoms with Crippen molar-refractivity contribution in [2.45, 2.75) is 26.2 Å². The summed E-state index contributed by atoms with van der Waals surface area (Å²) in [5, 5.41) is 8.64. The standard InChI is InChI=1S/C10H19NO5S/c1-3-4-5-6-11(7-10(13)14)9(12)8-17(2,15)16/h3-8H2,1-2H3,(H,13,14). The molecular weight excluding hydrogens is 246 g/mol. The molecule has 0 aromatic carbocycles. The number of nitrogens with zero attached hydrogens (tertiary/aromatic N) is 1. The van der Waals surface area contributed by atoms with Crippen LogP contribution in [0.5, 0.6) is 0 Å². The van der Waals surface area contributed by atoms with Gasteiger partial charge in [-0.3, -0.25) is 9.59 Å². The van der Waals surface area contributed by atoms with Gasteiger partial charge in [0.05, 0.1) is 0 Å². The van der Waals surface area contributed by atoms with E-state index in [4.69, 9.17) is 5.11 Å². The first-order valence-electron chi connectivity index (χ1n) is 5.43. The van der Waals surface area contributed by atoms with Crippen molar-refractivity contribution in [2.75, 3.05) is 25.1 Å². The fourth-order valence-corrected chi connectivity index (χ4v) is 1.95. The van der Waals surface area contributed by atoms with Gasteiger partial charge in [-0.25, -0.2) is 8.42 Å². The van der Waals surface area contributed by atoms with E-state index >= 15 is 0 Å². The van der Waals surface area contributed by atoms with Crippen LogP contribution >= 0.6 is 0 Å². The summed E-state index contributed by atoms with van der Waals surface area (Å²) in [5.74, 6) is -2.42. The highest BCUT2D eigenvalue weighted by Gasteiger charge is 2.20. The fourth-order valence-electron chi connectivity index (χ4n) is 1.32. The Morgan fingerprint density at radius 3 is 2.24 bits per heavy atom. The number of aliphatic carboxylic acids is 1. The fraction of sp³-hybridized carbons (Fsp3) is 0.800. The summed E-state index contributed by atoms with van der Waals surface area (Å²) < 4.78 is 21.9. The van der Waals surface area contributed by atoms with E-state index in [2.05, 4.69) is 0 Å². The number of carbonyl (C=O) groups is 2. The van der Waals surface area contributed by atoms with E-state index < -0.39 is 34.0 Å². The van der Waals surface area contributed by atoms with Crippen LogP contribution in [0.3, 0.4) is 0 Å². The van der Waals surface area contributed by atoms with E-state index in [0.717, 1.165) is 24.0 Å². The quantitative estimate of drug-likeness (QED) is 0.630. The van der Waals surface area contributed by atoms with Crippen molar-refractivity contribution in [1.29, 1.82) is 0 Å². The molecular formula is C10H19NO5S. The summed E-state index contributed by atoms with van der Waals surface area (Å²) >= 11 is 0. The van der Waals surface area contributed by atoms with Gasteiger partial charge in [-0.1, -0.05) is 19.8 Å². The number of carbonyl (C=O) groups excluding carboxylic acids is 1. The minimum absolute atomic E-state index is 0.286. The monoisotopic (exact) mass is 265 g/mol. The van der Waals surface area contributed by atoms with E-state index in [0.29, 0.717) is 6.42 Å². The lowest BCUT2D eigenvalue weighted by Gasteiger charge is -2.20. The maximum Gasteiger partial charge on any atom is 0.323 e. The lowest BCUT2D eigenvalue weighted by Crippen LogP contribution is -2.39. The van der Waals surface area contributed by atoms with Crippen molar-refractivity contribution in [2.24, 2.45) is 0 Å². The van der Waals surface area contributed by atoms with Gasteiger partial charge >= 0.3 is 5.97 Å². The van der Waals surface area contributed by atoms with Crippen molar-refractivity contribution >= 4 is 21.7 Å². The van der Waals surface area contributed by atoms with Crippen molar-refractivity contribution in [3.8, 4) is 0 Å². The molecule has 0 unspecified atom stereocenters. The highest BCUT2D eigenvalue weighted by Crippen LogP contribution is 2.00. The summed E-state index contributed by atoms with van der Waals surface area (Å²) in [6, 6.07) is 0. The summed E-state index contributed by atoms with van der Waals surface area (Å²) in [7, 11) is -3.42. The minimum Gasteiger partial charge on any atom is -0.480 e. The second-order valence-corrected chi connectivity index (χ2v) is 6.13. The minimum atomic E-state index is -3.42. The number of rotatable bonds is 8. The molecule has 0 aromatic rings. The SMILES string of the molecule is CCCCCN(CC(=O)O)C(=O)CS(C)(=O)=O. The third-order valence-electron chi connectivity index (χ3n) is 2.10. The second-order valence-electron chi connectivity index (χ2n) is 3.99. The largest absolute Gasteiger partial charge is 0.480 e. The van der Waals surface area contributed by atoms with E-state index in [1.807, 2.05) is 6.92 Å². The Balaban J connectivity index is 4.45. The maximum absolute atomic E-state index is 11.6. The molecule has 0 saturated heterocycles. The van der Waals surface area contributed by atoms with Crippen LogP contribution in [-0.2, 0) is 19.4 Å². The van der Waals surface area contributed by atoms with Gasteiger partial charge in [-0.05, 0) is 6.42 Å². The predicted molar refractivity (Wildman–Crippen MR) is 63.5 cm³/mol. The molecule has 7 heteroatoms. The summed E-state index contributed by atoms with van der Waals surface area (Å²) in [6.07, 6.45) is 3.46. The van der Waals surface area contributed by atoms with Crippen LogP contribution < -0.4 is 0 Å². The number of hydrogen-bond acceptors (Lipinski definition) is 4. The highest BCUT2D eigenvalue weighted by molar-refractivity contribution is 7.91. The molecule has 0 rings (SSSR count). The Kier molecular flexibility index (Phi) is 6.79. The molecule has 0 aromatic heterocycles. The number of sulfone groups is 1. The van der Waals surface area contributed by atoms with Crippen molar-refractivity contribution in [3.63, 3.8) is 0 Å². The number of unbranched alkanes of at least 4 members (excludes halogenated alkanes) is 2. The molecule has 0 aliphatic carbocycles. The van der Waals surface area contributed by atoms with E-state index in [-0.39, 0.29) is 6.54 Å². The summed E-state index contributed by atoms with van der Waals surface area (Å²) in [4.78, 5) is 23.2. The van der Waals surface area contributed by atoms with E-state index in [9.17, 15) is 18.0 Å². The summed E-state index contributed by atoms with van der Waals surface area (Å²) in [6.45, 7) is 1.83. The van der Waals surface area contributed by atoms with Gasteiger partial charge in [0.1, 0.15) is 12.3 Å². The molecule has 0 heterocycles. The highest BCUT2D eigenvalue weighted by atomic mass is 32.2. The van der Waals surface area contributed by atoms with Gasteiger partial charge in [0.2, 0.25) is 5.91 Å². The molecule has 0 spiro atoms. The molecule has 1 N–H and O–H groups in total. The second kappa shape index (κ2) is 7.26. The Labute approximate surface area is 102 Å². The lowest BCUT2D eigenvalue weighted by molar-refractivity contribution is -0.143. The van der Waals surface area contributed by atoms with E-state index in [1.165, 1.54) is 0 Å². The third kappa shape index (κ3) is 8.67. The van der Waals surface area contributed by atoms with Crippen LogP contribution in [0.1, 0.15) is 26.2 Å². The van der Waals surface area contributed by atoms with Crippen molar-refractivity contribution in [3.05, 3.63) is 0 Å². The molecule has 6 nitrogen and oxygen atoms in total. The molecule has 17 heavy (non-hydrogen) atoms. The van der Waals surface area contributed by atoms with Gasteiger partial charge in [0.15, 0.2) is 9.84 Å². The Bertz CT molecular complexity index is 363. The first kappa shape index (κ1) is 15.9. The van der Waals surface area contributed by atoms with Crippen LogP contribution in [0, 0.1) is 0 Å². The van der Waals surface area contributed by atoms with E-state index in [1.54, 1.807) is 0 Å². The predicted octanol–water partition coefficient (Wildman–Crippen LogP) is 0.134. The number of carboxylic acid groups (broad SMARTS) is 1. The smallest absolute Gasteiger partial charge is 0.323 e. The van der Waals surface area contributed by atoms with Crippen LogP contribution in [0.25, 0.3) is 0 Å². The molecule has 0 aliphatic heterocycles. The number of carboxylic acids is 1. The zero-order chi connectivity index (χ0) is 13.5. The first-order valence-corrected chi connectivity index (χ1v) is 7.49. The molecule has 0 fully saturated rings. The zero-order valence-corrected chi connectivity index (χ0v) is 11.0. The van der Waals surface area contributed by atoms with Gasteiger partial charge < -0.3 is 10.0 Å². The van der Waals surface area contributed by atoms with Crippen LogP contribution in [0.15, 0.2) is 0 Å². The molecule has 0 aliphatic rings. The first-order chi connectivity index (χ1) is 7.76. The Morgan fingerprint density at radius 1 is 1.24 bits per heavy atom. The van der Waals surface area contributed by atoms with Crippen molar-refractivity contribution < 1.29 is 23.1 Å². The van der Waals surface area contributed by atoms with Gasteiger partial charge in [-0.2, -0.15) is 0 Å². The molecule has 0 atom stereocenters. The van der Waals surface area contributed by atoms with Crippen LogP contribution in [-0.4, -0.2) is 55.4 Å². The lowest BCUT2D eigenvalue weighted by atomic mass is 10.2. The Morgan fingerprint density at radius 2 is 1.82 bits per heavy atom. The molecule has 100 valence electrons. The summed E-state index contributed by atoms with van der Waals surface area (Å²) in [5.41, 5.74) is 0. The van der Waals surface area contributed by atoms with Crippen LogP contribution in [0.4, 0.5) is 0 Å².